The van der Waals surface area contributed by atoms with Gasteiger partial charge in [0, 0.05) is 0 Å². The van der Waals surface area contributed by atoms with Crippen molar-refractivity contribution in [3.8, 4) is 5.75 Å². The number of carbonyl (C=O) groups is 1. The number of ether oxygens (including phenoxy) is 1. The number of nitrogens with one attached hydrogen (secondary N) is 1. The van der Waals surface area contributed by atoms with Crippen LogP contribution in [-0.2, 0) is 4.79 Å². The lowest BCUT2D eigenvalue weighted by molar-refractivity contribution is -0.124. The Morgan fingerprint density at radius 1 is 1.35 bits per heavy atom. The number of aliphatic hydroxyl groups excluding tert-OH is 1. The summed E-state index contributed by atoms with van der Waals surface area (Å²) in [6.07, 6.45) is 3.87. The summed E-state index contributed by atoms with van der Waals surface area (Å²) in [7, 11) is 1.62. The van der Waals surface area contributed by atoms with E-state index in [-0.39, 0.29) is 18.4 Å². The normalized spacial score (nSPS) is 18.6. The number of hydrogen-bond donors (Lipinski definition) is 2. The number of aliphatic hydroxyl groups is 1. The fourth-order valence-corrected chi connectivity index (χ4v) is 2.79. The maximum atomic E-state index is 12.4. The van der Waals surface area contributed by atoms with Crippen molar-refractivity contribution in [2.24, 2.45) is 0 Å². The first-order chi connectivity index (χ1) is 9.60. The van der Waals surface area contributed by atoms with Gasteiger partial charge in [0.25, 0.3) is 0 Å². The van der Waals surface area contributed by atoms with Gasteiger partial charge in [-0.15, -0.1) is 0 Å². The molecule has 1 aliphatic rings. The molecule has 1 aromatic rings. The van der Waals surface area contributed by atoms with Crippen LogP contribution in [0.15, 0.2) is 24.3 Å². The van der Waals surface area contributed by atoms with Gasteiger partial charge in [0.15, 0.2) is 0 Å². The van der Waals surface area contributed by atoms with E-state index in [1.807, 2.05) is 31.2 Å². The van der Waals surface area contributed by atoms with Crippen molar-refractivity contribution in [1.82, 2.24) is 5.32 Å². The van der Waals surface area contributed by atoms with Gasteiger partial charge in [-0.3, -0.25) is 4.79 Å². The fourth-order valence-electron chi connectivity index (χ4n) is 2.79. The number of carbonyl (C=O) groups excluding carboxylic acids is 1. The fraction of sp³-hybridized carbons (Fsp3) is 0.562. The predicted octanol–water partition coefficient (Wildman–Crippen LogP) is 2.22. The van der Waals surface area contributed by atoms with E-state index >= 15 is 0 Å². The molecule has 1 saturated carbocycles. The van der Waals surface area contributed by atoms with Crippen molar-refractivity contribution in [3.05, 3.63) is 29.8 Å². The highest BCUT2D eigenvalue weighted by Gasteiger charge is 2.35. The molecule has 0 spiro atoms. The van der Waals surface area contributed by atoms with Gasteiger partial charge in [-0.2, -0.15) is 0 Å². The lowest BCUT2D eigenvalue weighted by atomic mass is 9.95. The van der Waals surface area contributed by atoms with Gasteiger partial charge < -0.3 is 15.2 Å². The highest BCUT2D eigenvalue weighted by molar-refractivity contribution is 5.84. The Kier molecular flexibility index (Phi) is 4.65. The highest BCUT2D eigenvalue weighted by atomic mass is 16.5. The Balaban J connectivity index is 2.03. The molecule has 4 heteroatoms. The van der Waals surface area contributed by atoms with E-state index in [2.05, 4.69) is 5.32 Å². The summed E-state index contributed by atoms with van der Waals surface area (Å²) in [4.78, 5) is 12.4. The Bertz CT molecular complexity index is 449. The van der Waals surface area contributed by atoms with Crippen molar-refractivity contribution in [1.29, 1.82) is 0 Å². The van der Waals surface area contributed by atoms with Crippen LogP contribution in [0.4, 0.5) is 0 Å². The van der Waals surface area contributed by atoms with Crippen LogP contribution in [0.3, 0.4) is 0 Å². The van der Waals surface area contributed by atoms with Gasteiger partial charge >= 0.3 is 0 Å². The summed E-state index contributed by atoms with van der Waals surface area (Å²) in [6.45, 7) is 1.91. The zero-order chi connectivity index (χ0) is 14.6. The van der Waals surface area contributed by atoms with Gasteiger partial charge in [-0.1, -0.05) is 25.0 Å². The minimum atomic E-state index is -0.405. The first-order valence-corrected chi connectivity index (χ1v) is 7.17. The van der Waals surface area contributed by atoms with Crippen molar-refractivity contribution in [2.45, 2.75) is 44.1 Å². The molecule has 0 saturated heterocycles. The first kappa shape index (κ1) is 14.9. The Morgan fingerprint density at radius 2 is 1.95 bits per heavy atom. The van der Waals surface area contributed by atoms with E-state index < -0.39 is 5.54 Å². The minimum absolute atomic E-state index is 0.0219. The third-order valence-corrected chi connectivity index (χ3v) is 4.26. The smallest absolute Gasteiger partial charge is 0.227 e. The van der Waals surface area contributed by atoms with Crippen LogP contribution in [0.5, 0.6) is 5.75 Å². The van der Waals surface area contributed by atoms with Crippen LogP contribution in [0.2, 0.25) is 0 Å². The Hall–Kier alpha value is -1.55. The summed E-state index contributed by atoms with van der Waals surface area (Å²) in [5, 5.41) is 12.6. The van der Waals surface area contributed by atoms with Crippen molar-refractivity contribution < 1.29 is 14.6 Å². The molecule has 0 radical (unpaired) electrons. The quantitative estimate of drug-likeness (QED) is 0.867. The number of rotatable bonds is 5. The second kappa shape index (κ2) is 6.27. The highest BCUT2D eigenvalue weighted by Crippen LogP contribution is 2.30. The van der Waals surface area contributed by atoms with Crippen molar-refractivity contribution in [3.63, 3.8) is 0 Å². The van der Waals surface area contributed by atoms with Crippen LogP contribution in [0.1, 0.15) is 44.1 Å². The molecule has 1 aliphatic carbocycles. The molecule has 20 heavy (non-hydrogen) atoms. The molecular weight excluding hydrogens is 254 g/mol. The molecule has 1 amide bonds. The first-order valence-electron chi connectivity index (χ1n) is 7.17. The van der Waals surface area contributed by atoms with Gasteiger partial charge in [-0.25, -0.2) is 0 Å². The average molecular weight is 277 g/mol. The number of methoxy groups -OCH3 is 1. The third-order valence-electron chi connectivity index (χ3n) is 4.26. The SMILES string of the molecule is COc1ccc(C(C)C(=O)NC2(CO)CCCC2)cc1. The van der Waals surface area contributed by atoms with Crippen LogP contribution in [-0.4, -0.2) is 30.3 Å². The van der Waals surface area contributed by atoms with E-state index in [1.165, 1.54) is 0 Å². The van der Waals surface area contributed by atoms with E-state index in [4.69, 9.17) is 4.74 Å². The second-order valence-electron chi connectivity index (χ2n) is 5.63. The van der Waals surface area contributed by atoms with Crippen LogP contribution >= 0.6 is 0 Å². The lowest BCUT2D eigenvalue weighted by Crippen LogP contribution is -2.50. The number of hydrogen-bond acceptors (Lipinski definition) is 3. The van der Waals surface area contributed by atoms with E-state index in [0.717, 1.165) is 37.0 Å². The lowest BCUT2D eigenvalue weighted by Gasteiger charge is -2.29. The molecule has 1 atom stereocenters. The topological polar surface area (TPSA) is 58.6 Å². The zero-order valence-electron chi connectivity index (χ0n) is 12.2. The standard InChI is InChI=1S/C16H23NO3/c1-12(13-5-7-14(20-2)8-6-13)15(19)17-16(11-18)9-3-4-10-16/h5-8,12,18H,3-4,9-11H2,1-2H3,(H,17,19). The van der Waals surface area contributed by atoms with Gasteiger partial charge in [-0.05, 0) is 37.5 Å². The second-order valence-corrected chi connectivity index (χ2v) is 5.63. The Morgan fingerprint density at radius 3 is 2.45 bits per heavy atom. The monoisotopic (exact) mass is 277 g/mol. The summed E-state index contributed by atoms with van der Waals surface area (Å²) in [5.41, 5.74) is 0.548. The molecule has 4 nitrogen and oxygen atoms in total. The summed E-state index contributed by atoms with van der Waals surface area (Å²) < 4.78 is 5.12. The molecule has 0 aliphatic heterocycles. The molecule has 1 unspecified atom stereocenters. The Labute approximate surface area is 120 Å². The molecule has 0 bridgehead atoms. The predicted molar refractivity (Wildman–Crippen MR) is 77.8 cm³/mol. The minimum Gasteiger partial charge on any atom is -0.497 e. The average Bonchev–Trinajstić information content (AvgIpc) is 2.95. The summed E-state index contributed by atoms with van der Waals surface area (Å²) in [6, 6.07) is 7.53. The maximum absolute atomic E-state index is 12.4. The van der Waals surface area contributed by atoms with Crippen molar-refractivity contribution >= 4 is 5.91 Å². The van der Waals surface area contributed by atoms with Gasteiger partial charge in [0.1, 0.15) is 5.75 Å². The molecule has 0 heterocycles. The van der Waals surface area contributed by atoms with Crippen LogP contribution in [0.25, 0.3) is 0 Å². The van der Waals surface area contributed by atoms with Gasteiger partial charge in [0.05, 0.1) is 25.2 Å². The van der Waals surface area contributed by atoms with Crippen LogP contribution in [0, 0.1) is 0 Å². The van der Waals surface area contributed by atoms with E-state index in [1.54, 1.807) is 7.11 Å². The summed E-state index contributed by atoms with van der Waals surface area (Å²) in [5.74, 6) is 0.528. The van der Waals surface area contributed by atoms with Gasteiger partial charge in [0.2, 0.25) is 5.91 Å². The van der Waals surface area contributed by atoms with Crippen molar-refractivity contribution in [2.75, 3.05) is 13.7 Å². The molecule has 1 fully saturated rings. The summed E-state index contributed by atoms with van der Waals surface area (Å²) >= 11 is 0. The molecule has 0 aromatic heterocycles. The molecule has 1 aromatic carbocycles. The molecule has 2 N–H and O–H groups in total. The third kappa shape index (κ3) is 3.12. The molecular formula is C16H23NO3. The maximum Gasteiger partial charge on any atom is 0.227 e. The molecule has 110 valence electrons. The zero-order valence-corrected chi connectivity index (χ0v) is 12.2. The van der Waals surface area contributed by atoms with E-state index in [0.29, 0.717) is 0 Å². The number of amides is 1. The largest absolute Gasteiger partial charge is 0.497 e. The number of benzene rings is 1. The molecule has 2 rings (SSSR count). The van der Waals surface area contributed by atoms with E-state index in [9.17, 15) is 9.90 Å². The van der Waals surface area contributed by atoms with Crippen LogP contribution < -0.4 is 10.1 Å².